The number of hydrogen-bond donors (Lipinski definition) is 0. The van der Waals surface area contributed by atoms with Crippen molar-refractivity contribution in [1.82, 2.24) is 0 Å². The van der Waals surface area contributed by atoms with E-state index in [9.17, 15) is 52.3 Å². The molecule has 0 aromatic heterocycles. The number of fused-ring (bicyclic) bond motifs is 1. The molecule has 1 aromatic rings. The molecule has 1 unspecified atom stereocenters. The van der Waals surface area contributed by atoms with Gasteiger partial charge in [-0.15, -0.1) is 10.1 Å². The minimum Gasteiger partial charge on any atom is -0.475 e. The molecule has 0 amide bonds. The van der Waals surface area contributed by atoms with Crippen LogP contribution in [0, 0.1) is 10.1 Å². The van der Waals surface area contributed by atoms with Gasteiger partial charge >= 0.3 is 28.5 Å². The SMILES string of the molecule is CC(OC(=O)OCCSCCO[N+](=O)[O-])OC(=O)C1=Cc2cc(S(F)(F)(F)(F)F)ccc2O[C@@H]1C(F)(F)F. The van der Waals surface area contributed by atoms with Crippen LogP contribution in [0.3, 0.4) is 0 Å². The Morgan fingerprint density at radius 3 is 2.34 bits per heavy atom. The molecule has 0 saturated carbocycles. The van der Waals surface area contributed by atoms with Crippen molar-refractivity contribution in [3.05, 3.63) is 39.4 Å². The van der Waals surface area contributed by atoms with Gasteiger partial charge in [0.05, 0.1) is 5.57 Å². The van der Waals surface area contributed by atoms with Crippen LogP contribution in [0.15, 0.2) is 28.7 Å². The fourth-order valence-electron chi connectivity index (χ4n) is 2.70. The van der Waals surface area contributed by atoms with Crippen molar-refractivity contribution >= 4 is 40.2 Å². The van der Waals surface area contributed by atoms with Crippen molar-refractivity contribution in [1.29, 1.82) is 0 Å². The molecule has 1 heterocycles. The first-order chi connectivity index (χ1) is 17.2. The maximum atomic E-state index is 13.5. The van der Waals surface area contributed by atoms with Gasteiger partial charge in [0.15, 0.2) is 0 Å². The minimum absolute atomic E-state index is 0.141. The summed E-state index contributed by atoms with van der Waals surface area (Å²) in [4.78, 5) is 35.5. The van der Waals surface area contributed by atoms with Crippen molar-refractivity contribution in [2.45, 2.75) is 30.4 Å². The van der Waals surface area contributed by atoms with Crippen LogP contribution in [-0.2, 0) is 23.8 Å². The molecule has 216 valence electrons. The van der Waals surface area contributed by atoms with E-state index < -0.39 is 67.8 Å². The van der Waals surface area contributed by atoms with Crippen molar-refractivity contribution in [2.24, 2.45) is 0 Å². The van der Waals surface area contributed by atoms with Crippen LogP contribution in [0.1, 0.15) is 12.5 Å². The summed E-state index contributed by atoms with van der Waals surface area (Å²) >= 11 is 1.09. The summed E-state index contributed by atoms with van der Waals surface area (Å²) in [6.07, 6.45) is -11.4. The van der Waals surface area contributed by atoms with E-state index in [-0.39, 0.29) is 49.0 Å². The summed E-state index contributed by atoms with van der Waals surface area (Å²) < 4.78 is 124. The van der Waals surface area contributed by atoms with Crippen molar-refractivity contribution in [2.75, 3.05) is 24.7 Å². The van der Waals surface area contributed by atoms with Crippen LogP contribution >= 0.6 is 22.0 Å². The molecule has 0 N–H and O–H groups in total. The molecule has 0 saturated heterocycles. The number of hydrogen-bond acceptors (Lipinski definition) is 10. The molecular formula is C18H17F8NO9S2. The summed E-state index contributed by atoms with van der Waals surface area (Å²) in [6.45, 7) is 0.401. The second-order valence-electron chi connectivity index (χ2n) is 7.17. The predicted molar refractivity (Wildman–Crippen MR) is 115 cm³/mol. The van der Waals surface area contributed by atoms with Crippen LogP contribution in [0.4, 0.5) is 37.4 Å². The van der Waals surface area contributed by atoms with E-state index in [2.05, 4.69) is 23.8 Å². The number of carbonyl (C=O) groups is 2. The Kier molecular flexibility index (Phi) is 8.62. The highest BCUT2D eigenvalue weighted by Crippen LogP contribution is 3.02. The number of alkyl halides is 3. The lowest BCUT2D eigenvalue weighted by atomic mass is 10.0. The van der Waals surface area contributed by atoms with E-state index in [4.69, 9.17) is 0 Å². The van der Waals surface area contributed by atoms with Gasteiger partial charge < -0.3 is 23.8 Å². The van der Waals surface area contributed by atoms with Gasteiger partial charge in [-0.05, 0) is 24.3 Å². The first kappa shape index (κ1) is 31.1. The van der Waals surface area contributed by atoms with Gasteiger partial charge in [-0.2, -0.15) is 24.9 Å². The number of thioether (sulfide) groups is 1. The molecule has 1 aliphatic rings. The van der Waals surface area contributed by atoms with Gasteiger partial charge in [0.25, 0.3) is 5.09 Å². The molecule has 10 nitrogen and oxygen atoms in total. The fraction of sp³-hybridized carbons (Fsp3) is 0.444. The number of carbonyl (C=O) groups excluding carboxylic acids is 2. The summed E-state index contributed by atoms with van der Waals surface area (Å²) in [6, 6.07) is -0.0592. The average Bonchev–Trinajstić information content (AvgIpc) is 2.74. The molecule has 0 fully saturated rings. The first-order valence-electron chi connectivity index (χ1n) is 9.90. The molecule has 0 bridgehead atoms. The minimum atomic E-state index is -10.2. The molecule has 1 aromatic carbocycles. The normalized spacial score (nSPS) is 17.9. The Morgan fingerprint density at radius 2 is 1.76 bits per heavy atom. The average molecular weight is 607 g/mol. The third kappa shape index (κ3) is 9.30. The smallest absolute Gasteiger partial charge is 0.475 e. The summed E-state index contributed by atoms with van der Waals surface area (Å²) in [5.74, 6) is -2.37. The van der Waals surface area contributed by atoms with Crippen molar-refractivity contribution in [3.8, 4) is 5.75 Å². The zero-order valence-corrected chi connectivity index (χ0v) is 20.4. The topological polar surface area (TPSA) is 123 Å². The van der Waals surface area contributed by atoms with Gasteiger partial charge in [0.1, 0.15) is 23.9 Å². The molecule has 1 aliphatic heterocycles. The number of rotatable bonds is 11. The lowest BCUT2D eigenvalue weighted by Gasteiger charge is -2.41. The summed E-state index contributed by atoms with van der Waals surface area (Å²) in [5, 5.41) is 8.97. The third-order valence-electron chi connectivity index (χ3n) is 4.21. The third-order valence-corrected chi connectivity index (χ3v) is 6.26. The summed E-state index contributed by atoms with van der Waals surface area (Å²) in [5.41, 5.74) is -2.31. The van der Waals surface area contributed by atoms with E-state index in [0.717, 1.165) is 18.7 Å². The van der Waals surface area contributed by atoms with Crippen LogP contribution in [-0.4, -0.2) is 60.5 Å². The number of ether oxygens (including phenoxy) is 4. The Morgan fingerprint density at radius 1 is 1.13 bits per heavy atom. The molecule has 38 heavy (non-hydrogen) atoms. The highest BCUT2D eigenvalue weighted by atomic mass is 32.5. The Hall–Kier alpha value is -3.16. The number of halogens is 8. The van der Waals surface area contributed by atoms with E-state index >= 15 is 0 Å². The molecular weight excluding hydrogens is 590 g/mol. The van der Waals surface area contributed by atoms with Gasteiger partial charge in [-0.1, -0.05) is 19.4 Å². The second-order valence-corrected chi connectivity index (χ2v) is 10.8. The lowest BCUT2D eigenvalue weighted by molar-refractivity contribution is -0.756. The van der Waals surface area contributed by atoms with E-state index in [1.807, 2.05) is 0 Å². The highest BCUT2D eigenvalue weighted by Gasteiger charge is 2.65. The molecule has 0 spiro atoms. The zero-order chi connectivity index (χ0) is 29.0. The van der Waals surface area contributed by atoms with Gasteiger partial charge in [0.2, 0.25) is 12.4 Å². The molecule has 0 radical (unpaired) electrons. The summed E-state index contributed by atoms with van der Waals surface area (Å²) in [7, 11) is -10.2. The van der Waals surface area contributed by atoms with E-state index in [1.165, 1.54) is 0 Å². The number of esters is 1. The zero-order valence-electron chi connectivity index (χ0n) is 18.8. The second kappa shape index (κ2) is 10.5. The Labute approximate surface area is 212 Å². The van der Waals surface area contributed by atoms with Crippen molar-refractivity contribution in [3.63, 3.8) is 0 Å². The Bertz CT molecular complexity index is 1110. The molecule has 2 rings (SSSR count). The van der Waals surface area contributed by atoms with Crippen LogP contribution in [0.5, 0.6) is 5.75 Å². The largest absolute Gasteiger partial charge is 0.511 e. The molecule has 2 atom stereocenters. The number of nitrogens with zero attached hydrogens (tertiary/aromatic N) is 1. The monoisotopic (exact) mass is 607 g/mol. The van der Waals surface area contributed by atoms with E-state index in [0.29, 0.717) is 0 Å². The first-order valence-corrected chi connectivity index (χ1v) is 13.0. The number of benzene rings is 1. The standard InChI is InChI=1S/C18H17F8NO9S2/c1-10(35-17(29)32-4-6-37-7-5-33-27(30)31)34-16(28)13-9-11-8-12(38(22,23,24,25)26)2-3-14(11)36-15(13)18(19,20)21/h2-3,8-10,15H,4-7H2,1H3/t10?,15-/m0/s1. The van der Waals surface area contributed by atoms with Gasteiger partial charge in [-0.3, -0.25) is 0 Å². The van der Waals surface area contributed by atoms with Gasteiger partial charge in [-0.25, -0.2) is 9.59 Å². The molecule has 0 aliphatic carbocycles. The van der Waals surface area contributed by atoms with Crippen LogP contribution < -0.4 is 4.74 Å². The predicted octanol–water partition coefficient (Wildman–Crippen LogP) is 6.03. The highest BCUT2D eigenvalue weighted by molar-refractivity contribution is 8.45. The van der Waals surface area contributed by atoms with E-state index in [1.54, 1.807) is 0 Å². The lowest BCUT2D eigenvalue weighted by Crippen LogP contribution is -2.41. The van der Waals surface area contributed by atoms with Crippen LogP contribution in [0.25, 0.3) is 6.08 Å². The molecule has 20 heteroatoms. The van der Waals surface area contributed by atoms with Gasteiger partial charge in [0, 0.05) is 24.0 Å². The quantitative estimate of drug-likeness (QED) is 0.0735. The fourth-order valence-corrected chi connectivity index (χ4v) is 3.97. The maximum Gasteiger partial charge on any atom is 0.511 e. The Balaban J connectivity index is 2.06. The van der Waals surface area contributed by atoms with Crippen molar-refractivity contribution < 1.29 is 71.1 Å². The van der Waals surface area contributed by atoms with Crippen LogP contribution in [0.2, 0.25) is 0 Å². The maximum absolute atomic E-state index is 13.5.